The molecule has 0 fully saturated rings. The Morgan fingerprint density at radius 2 is 2.03 bits per heavy atom. The van der Waals surface area contributed by atoms with Crippen molar-refractivity contribution < 1.29 is 24.6 Å². The molecule has 1 unspecified atom stereocenters. The van der Waals surface area contributed by atoms with Crippen LogP contribution in [0.25, 0.3) is 11.0 Å². The molecule has 0 aliphatic heterocycles. The van der Waals surface area contributed by atoms with Crippen LogP contribution in [0, 0.1) is 6.92 Å². The maximum atomic E-state index is 12.5. The Balaban J connectivity index is 1.85. The second-order valence-corrected chi connectivity index (χ2v) is 8.02. The Labute approximate surface area is 179 Å². The van der Waals surface area contributed by atoms with Gasteiger partial charge in [-0.25, -0.2) is 9.78 Å². The Bertz CT molecular complexity index is 1200. The van der Waals surface area contributed by atoms with E-state index in [1.807, 2.05) is 0 Å². The van der Waals surface area contributed by atoms with Crippen molar-refractivity contribution >= 4 is 40.2 Å². The van der Waals surface area contributed by atoms with Crippen molar-refractivity contribution in [2.75, 3.05) is 6.54 Å². The largest absolute Gasteiger partial charge is 0.481 e. The standard InChI is InChI=1S/C19H21N5O6S/c1-8-22-16-15(18(28)23-8)10(7-21-16)9(6-20)12-3-4-13(31-12)17(27)24-11(19(29)30)2-5-14(25)26/h3-4,7,9,11H,2,5-6,20H2,1H3,(H,24,27)(H,25,26)(H,29,30)(H2,21,22,23,28)/t9?,11-/m0/s1. The number of hydrogen-bond acceptors (Lipinski definition) is 7. The lowest BCUT2D eigenvalue weighted by molar-refractivity contribution is -0.140. The van der Waals surface area contributed by atoms with E-state index in [0.717, 1.165) is 11.3 Å². The summed E-state index contributed by atoms with van der Waals surface area (Å²) in [4.78, 5) is 57.8. The van der Waals surface area contributed by atoms with Gasteiger partial charge in [0, 0.05) is 30.0 Å². The van der Waals surface area contributed by atoms with Crippen molar-refractivity contribution in [1.29, 1.82) is 0 Å². The maximum Gasteiger partial charge on any atom is 0.326 e. The van der Waals surface area contributed by atoms with Crippen LogP contribution in [0.15, 0.2) is 23.1 Å². The van der Waals surface area contributed by atoms with Gasteiger partial charge in [0.15, 0.2) is 0 Å². The number of hydrogen-bond donors (Lipinski definition) is 6. The highest BCUT2D eigenvalue weighted by Gasteiger charge is 2.25. The molecule has 0 aliphatic rings. The summed E-state index contributed by atoms with van der Waals surface area (Å²) in [7, 11) is 0. The first-order valence-electron chi connectivity index (χ1n) is 9.34. The summed E-state index contributed by atoms with van der Waals surface area (Å²) in [6.07, 6.45) is 1.05. The van der Waals surface area contributed by atoms with Crippen molar-refractivity contribution in [1.82, 2.24) is 20.3 Å². The van der Waals surface area contributed by atoms with Crippen LogP contribution >= 0.6 is 11.3 Å². The molecule has 0 spiro atoms. The monoisotopic (exact) mass is 447 g/mol. The summed E-state index contributed by atoms with van der Waals surface area (Å²) in [5, 5.41) is 20.7. The molecule has 1 amide bonds. The van der Waals surface area contributed by atoms with Gasteiger partial charge in [-0.2, -0.15) is 0 Å². The minimum absolute atomic E-state index is 0.165. The van der Waals surface area contributed by atoms with E-state index in [-0.39, 0.29) is 35.7 Å². The van der Waals surface area contributed by atoms with Crippen molar-refractivity contribution in [3.63, 3.8) is 0 Å². The van der Waals surface area contributed by atoms with Crippen LogP contribution < -0.4 is 16.6 Å². The fourth-order valence-corrected chi connectivity index (χ4v) is 4.31. The summed E-state index contributed by atoms with van der Waals surface area (Å²) in [5.74, 6) is -3.00. The van der Waals surface area contributed by atoms with Gasteiger partial charge in [0.05, 0.1) is 10.3 Å². The van der Waals surface area contributed by atoms with Gasteiger partial charge in [-0.1, -0.05) is 0 Å². The number of rotatable bonds is 9. The van der Waals surface area contributed by atoms with Crippen LogP contribution in [0.1, 0.15) is 44.7 Å². The molecule has 0 aliphatic carbocycles. The number of carboxylic acid groups (broad SMARTS) is 2. The van der Waals surface area contributed by atoms with Gasteiger partial charge in [0.1, 0.15) is 17.5 Å². The molecule has 3 heterocycles. The summed E-state index contributed by atoms with van der Waals surface area (Å²) in [6, 6.07) is 1.91. The highest BCUT2D eigenvalue weighted by atomic mass is 32.1. The Kier molecular flexibility index (Phi) is 6.51. The van der Waals surface area contributed by atoms with E-state index in [1.54, 1.807) is 19.2 Å². The summed E-state index contributed by atoms with van der Waals surface area (Å²) in [6.45, 7) is 1.84. The number of nitrogens with zero attached hydrogens (tertiary/aromatic N) is 1. The number of amides is 1. The Hall–Kier alpha value is -3.51. The number of aliphatic carboxylic acids is 2. The third-order valence-corrected chi connectivity index (χ3v) is 5.94. The smallest absolute Gasteiger partial charge is 0.326 e. The molecule has 0 radical (unpaired) electrons. The summed E-state index contributed by atoms with van der Waals surface area (Å²) in [5.41, 5.74) is 6.75. The number of thiophene rings is 1. The summed E-state index contributed by atoms with van der Waals surface area (Å²) < 4.78 is 0. The normalized spacial score (nSPS) is 13.1. The van der Waals surface area contributed by atoms with E-state index in [9.17, 15) is 24.3 Å². The molecule has 0 aromatic carbocycles. The van der Waals surface area contributed by atoms with E-state index in [1.165, 1.54) is 6.07 Å². The number of aromatic nitrogens is 3. The minimum Gasteiger partial charge on any atom is -0.481 e. The Morgan fingerprint density at radius 1 is 1.29 bits per heavy atom. The van der Waals surface area contributed by atoms with Crippen molar-refractivity contribution in [2.45, 2.75) is 31.7 Å². The predicted octanol–water partition coefficient (Wildman–Crippen LogP) is 0.760. The summed E-state index contributed by atoms with van der Waals surface area (Å²) >= 11 is 1.12. The van der Waals surface area contributed by atoms with E-state index < -0.39 is 23.9 Å². The molecule has 164 valence electrons. The van der Waals surface area contributed by atoms with Gasteiger partial charge in [0.2, 0.25) is 0 Å². The molecule has 11 nitrogen and oxygen atoms in total. The number of carbonyl (C=O) groups is 3. The Morgan fingerprint density at radius 3 is 2.68 bits per heavy atom. The van der Waals surface area contributed by atoms with Crippen LogP contribution in [0.5, 0.6) is 0 Å². The molecule has 3 aromatic rings. The first-order valence-corrected chi connectivity index (χ1v) is 10.2. The molecule has 0 saturated carbocycles. The van der Waals surface area contributed by atoms with Crippen LogP contribution in [0.3, 0.4) is 0 Å². The zero-order valence-electron chi connectivity index (χ0n) is 16.5. The van der Waals surface area contributed by atoms with Gasteiger partial charge in [-0.3, -0.25) is 14.4 Å². The molecular formula is C19H21N5O6S. The fourth-order valence-electron chi connectivity index (χ4n) is 3.26. The number of nitrogens with two attached hydrogens (primary N) is 1. The lowest BCUT2D eigenvalue weighted by Gasteiger charge is -2.13. The number of H-pyrrole nitrogens is 2. The topological polar surface area (TPSA) is 191 Å². The molecule has 3 aromatic heterocycles. The number of aromatic amines is 2. The SMILES string of the molecule is Cc1nc2[nH]cc(C(CN)c3ccc(C(=O)N[C@@H](CCC(=O)O)C(=O)O)s3)c2c(=O)[nH]1. The lowest BCUT2D eigenvalue weighted by Crippen LogP contribution is -2.40. The molecular weight excluding hydrogens is 426 g/mol. The van der Waals surface area contributed by atoms with E-state index >= 15 is 0 Å². The third kappa shape index (κ3) is 4.81. The predicted molar refractivity (Wildman–Crippen MR) is 112 cm³/mol. The molecule has 12 heteroatoms. The number of nitrogens with one attached hydrogen (secondary N) is 3. The van der Waals surface area contributed by atoms with E-state index in [2.05, 4.69) is 20.3 Å². The number of carboxylic acids is 2. The molecule has 0 saturated heterocycles. The second-order valence-electron chi connectivity index (χ2n) is 6.91. The van der Waals surface area contributed by atoms with Crippen LogP contribution in [-0.4, -0.2) is 55.6 Å². The average Bonchev–Trinajstić information content (AvgIpc) is 3.33. The van der Waals surface area contributed by atoms with E-state index in [0.29, 0.717) is 27.3 Å². The highest BCUT2D eigenvalue weighted by molar-refractivity contribution is 7.14. The van der Waals surface area contributed by atoms with Crippen LogP contribution in [-0.2, 0) is 9.59 Å². The minimum atomic E-state index is -1.32. The molecule has 3 rings (SSSR count). The van der Waals surface area contributed by atoms with Gasteiger partial charge >= 0.3 is 11.9 Å². The molecule has 2 atom stereocenters. The first kappa shape index (κ1) is 22.2. The first-order chi connectivity index (χ1) is 14.7. The van der Waals surface area contributed by atoms with Crippen molar-refractivity contribution in [3.05, 3.63) is 49.8 Å². The van der Waals surface area contributed by atoms with Gasteiger partial charge in [-0.05, 0) is 31.0 Å². The van der Waals surface area contributed by atoms with Crippen LogP contribution in [0.4, 0.5) is 0 Å². The lowest BCUT2D eigenvalue weighted by atomic mass is 9.98. The van der Waals surface area contributed by atoms with Crippen molar-refractivity contribution in [3.8, 4) is 0 Å². The zero-order chi connectivity index (χ0) is 22.7. The quantitative estimate of drug-likeness (QED) is 0.277. The van der Waals surface area contributed by atoms with Crippen molar-refractivity contribution in [2.24, 2.45) is 5.73 Å². The fraction of sp³-hybridized carbons (Fsp3) is 0.316. The highest BCUT2D eigenvalue weighted by Crippen LogP contribution is 2.32. The van der Waals surface area contributed by atoms with Gasteiger partial charge in [0.25, 0.3) is 11.5 Å². The zero-order valence-corrected chi connectivity index (χ0v) is 17.3. The second kappa shape index (κ2) is 9.10. The number of aryl methyl sites for hydroxylation is 1. The van der Waals surface area contributed by atoms with Gasteiger partial charge in [-0.15, -0.1) is 11.3 Å². The molecule has 31 heavy (non-hydrogen) atoms. The number of carbonyl (C=O) groups excluding carboxylic acids is 1. The molecule has 7 N–H and O–H groups in total. The number of fused-ring (bicyclic) bond motifs is 1. The average molecular weight is 447 g/mol. The van der Waals surface area contributed by atoms with Gasteiger partial charge < -0.3 is 31.2 Å². The maximum absolute atomic E-state index is 12.5. The van der Waals surface area contributed by atoms with Crippen LogP contribution in [0.2, 0.25) is 0 Å². The third-order valence-electron chi connectivity index (χ3n) is 4.75. The molecule has 0 bridgehead atoms. The van der Waals surface area contributed by atoms with E-state index in [4.69, 9.17) is 10.8 Å².